The molecule has 8 heteroatoms. The molecule has 0 aliphatic rings. The number of alkyl halides is 2. The van der Waals surface area contributed by atoms with E-state index in [0.29, 0.717) is 12.2 Å². The molecule has 1 heterocycles. The predicted molar refractivity (Wildman–Crippen MR) is 111 cm³/mol. The lowest BCUT2D eigenvalue weighted by Crippen LogP contribution is -2.22. The van der Waals surface area contributed by atoms with Crippen molar-refractivity contribution in [3.63, 3.8) is 0 Å². The summed E-state index contributed by atoms with van der Waals surface area (Å²) in [6, 6.07) is 12.3. The smallest absolute Gasteiger partial charge is 0.387 e. The number of aryl methyl sites for hydroxylation is 1. The first kappa shape index (κ1) is 21.3. The number of amides is 1. The molecule has 0 aliphatic heterocycles. The normalized spacial score (nSPS) is 11.4. The van der Waals surface area contributed by atoms with Gasteiger partial charge in [-0.15, -0.1) is 0 Å². The Bertz CT molecular complexity index is 1050. The molecule has 0 saturated heterocycles. The zero-order valence-electron chi connectivity index (χ0n) is 16.8. The molecule has 0 radical (unpaired) electrons. The van der Waals surface area contributed by atoms with Crippen LogP contribution in [0.4, 0.5) is 8.78 Å². The predicted octanol–water partition coefficient (Wildman–Crippen LogP) is 4.39. The van der Waals surface area contributed by atoms with E-state index < -0.39 is 6.61 Å². The third-order valence-corrected chi connectivity index (χ3v) is 4.38. The third-order valence-electron chi connectivity index (χ3n) is 4.38. The van der Waals surface area contributed by atoms with E-state index in [1.54, 1.807) is 25.1 Å². The molecule has 6 nitrogen and oxygen atoms in total. The third kappa shape index (κ3) is 5.14. The summed E-state index contributed by atoms with van der Waals surface area (Å²) < 4.78 is 36.8. The highest BCUT2D eigenvalue weighted by Crippen LogP contribution is 2.30. The van der Waals surface area contributed by atoms with Gasteiger partial charge in [0.25, 0.3) is 0 Å². The van der Waals surface area contributed by atoms with E-state index >= 15 is 0 Å². The first-order chi connectivity index (χ1) is 14.5. The van der Waals surface area contributed by atoms with Crippen molar-refractivity contribution in [1.29, 1.82) is 0 Å². The van der Waals surface area contributed by atoms with Crippen molar-refractivity contribution >= 4 is 23.0 Å². The van der Waals surface area contributed by atoms with Gasteiger partial charge in [-0.05, 0) is 49.8 Å². The van der Waals surface area contributed by atoms with Crippen LogP contribution in [-0.4, -0.2) is 28.7 Å². The van der Waals surface area contributed by atoms with Gasteiger partial charge in [-0.1, -0.05) is 18.2 Å². The summed E-state index contributed by atoms with van der Waals surface area (Å²) in [6.07, 6.45) is 2.95. The number of para-hydroxylation sites is 2. The average Bonchev–Trinajstić information content (AvgIpc) is 3.09. The van der Waals surface area contributed by atoms with Crippen molar-refractivity contribution in [2.75, 3.05) is 6.61 Å². The number of rotatable bonds is 9. The second-order valence-corrected chi connectivity index (χ2v) is 6.33. The van der Waals surface area contributed by atoms with E-state index in [0.717, 1.165) is 23.4 Å². The van der Waals surface area contributed by atoms with Crippen LogP contribution >= 0.6 is 0 Å². The van der Waals surface area contributed by atoms with E-state index in [1.807, 2.05) is 31.2 Å². The number of carbonyl (C=O) groups excluding carboxylic acids is 1. The molecule has 0 unspecified atom stereocenters. The fourth-order valence-corrected chi connectivity index (χ4v) is 3.10. The fourth-order valence-electron chi connectivity index (χ4n) is 3.10. The molecule has 1 aromatic heterocycles. The standard InChI is InChI=1S/C22H23F2N3O3/c1-3-27-17-8-6-5-7-16(17)26-20(27)14-25-21(28)12-10-15-9-11-18(30-22(23)24)19(13-15)29-4-2/h5-13,22H,3-4,14H2,1-2H3,(H,25,28)/b12-10+. The van der Waals surface area contributed by atoms with Crippen molar-refractivity contribution in [1.82, 2.24) is 14.9 Å². The second-order valence-electron chi connectivity index (χ2n) is 6.33. The van der Waals surface area contributed by atoms with Gasteiger partial charge in [-0.2, -0.15) is 8.78 Å². The molecule has 3 aromatic rings. The van der Waals surface area contributed by atoms with Crippen LogP contribution in [0.1, 0.15) is 25.2 Å². The van der Waals surface area contributed by atoms with Gasteiger partial charge in [0.2, 0.25) is 5.91 Å². The zero-order chi connectivity index (χ0) is 21.5. The minimum absolute atomic E-state index is 0.0491. The lowest BCUT2D eigenvalue weighted by atomic mass is 10.2. The van der Waals surface area contributed by atoms with Crippen LogP contribution in [0, 0.1) is 0 Å². The molecular weight excluding hydrogens is 392 g/mol. The molecule has 0 fully saturated rings. The highest BCUT2D eigenvalue weighted by atomic mass is 19.3. The quantitative estimate of drug-likeness (QED) is 0.527. The summed E-state index contributed by atoms with van der Waals surface area (Å²) in [7, 11) is 0. The van der Waals surface area contributed by atoms with Crippen LogP contribution < -0.4 is 14.8 Å². The Labute approximate surface area is 173 Å². The Hall–Kier alpha value is -3.42. The average molecular weight is 415 g/mol. The van der Waals surface area contributed by atoms with Gasteiger partial charge in [-0.3, -0.25) is 4.79 Å². The summed E-state index contributed by atoms with van der Waals surface area (Å²) in [6.45, 7) is 2.16. The Balaban J connectivity index is 1.67. The van der Waals surface area contributed by atoms with Crippen molar-refractivity contribution < 1.29 is 23.0 Å². The summed E-state index contributed by atoms with van der Waals surface area (Å²) in [5.74, 6) is 0.618. The molecule has 2 aromatic carbocycles. The SMILES string of the molecule is CCOc1cc(/C=C/C(=O)NCc2nc3ccccc3n2CC)ccc1OC(F)F. The molecule has 0 atom stereocenters. The Morgan fingerprint density at radius 3 is 2.73 bits per heavy atom. The Kier molecular flexibility index (Phi) is 7.00. The van der Waals surface area contributed by atoms with Gasteiger partial charge in [0.05, 0.1) is 24.2 Å². The van der Waals surface area contributed by atoms with E-state index in [2.05, 4.69) is 19.6 Å². The second kappa shape index (κ2) is 9.87. The number of benzene rings is 2. The van der Waals surface area contributed by atoms with E-state index in [1.165, 1.54) is 12.1 Å². The van der Waals surface area contributed by atoms with E-state index in [9.17, 15) is 13.6 Å². The van der Waals surface area contributed by atoms with Crippen molar-refractivity contribution in [2.45, 2.75) is 33.5 Å². The number of hydrogen-bond donors (Lipinski definition) is 1. The number of imidazole rings is 1. The first-order valence-corrected chi connectivity index (χ1v) is 9.63. The number of ether oxygens (including phenoxy) is 2. The van der Waals surface area contributed by atoms with Crippen LogP contribution in [0.5, 0.6) is 11.5 Å². The maximum atomic E-state index is 12.5. The number of nitrogens with zero attached hydrogens (tertiary/aromatic N) is 2. The Morgan fingerprint density at radius 2 is 2.00 bits per heavy atom. The molecule has 0 saturated carbocycles. The Morgan fingerprint density at radius 1 is 1.20 bits per heavy atom. The molecule has 3 rings (SSSR count). The van der Waals surface area contributed by atoms with Gasteiger partial charge in [0.15, 0.2) is 11.5 Å². The van der Waals surface area contributed by atoms with E-state index in [4.69, 9.17) is 4.74 Å². The van der Waals surface area contributed by atoms with Gasteiger partial charge in [-0.25, -0.2) is 4.98 Å². The van der Waals surface area contributed by atoms with E-state index in [-0.39, 0.29) is 24.0 Å². The lowest BCUT2D eigenvalue weighted by molar-refractivity contribution is -0.116. The van der Waals surface area contributed by atoms with Gasteiger partial charge in [0, 0.05) is 12.6 Å². The molecular formula is C22H23F2N3O3. The van der Waals surface area contributed by atoms with Crippen molar-refractivity contribution in [2.24, 2.45) is 0 Å². The molecule has 0 aliphatic carbocycles. The molecule has 30 heavy (non-hydrogen) atoms. The van der Waals surface area contributed by atoms with Crippen LogP contribution in [0.2, 0.25) is 0 Å². The minimum atomic E-state index is -2.94. The number of aromatic nitrogens is 2. The van der Waals surface area contributed by atoms with Crippen molar-refractivity contribution in [3.8, 4) is 11.5 Å². The van der Waals surface area contributed by atoms with Crippen LogP contribution in [0.3, 0.4) is 0 Å². The maximum absolute atomic E-state index is 12.5. The summed E-state index contributed by atoms with van der Waals surface area (Å²) in [5.41, 5.74) is 2.53. The maximum Gasteiger partial charge on any atom is 0.387 e. The topological polar surface area (TPSA) is 65.4 Å². The minimum Gasteiger partial charge on any atom is -0.490 e. The molecule has 1 N–H and O–H groups in total. The lowest BCUT2D eigenvalue weighted by Gasteiger charge is -2.11. The largest absolute Gasteiger partial charge is 0.490 e. The number of nitrogens with one attached hydrogen (secondary N) is 1. The van der Waals surface area contributed by atoms with Crippen molar-refractivity contribution in [3.05, 3.63) is 59.9 Å². The van der Waals surface area contributed by atoms with Gasteiger partial charge >= 0.3 is 6.61 Å². The van der Waals surface area contributed by atoms with Crippen LogP contribution in [0.15, 0.2) is 48.5 Å². The highest BCUT2D eigenvalue weighted by molar-refractivity contribution is 5.91. The van der Waals surface area contributed by atoms with Crippen LogP contribution in [-0.2, 0) is 17.9 Å². The number of hydrogen-bond acceptors (Lipinski definition) is 4. The molecule has 1 amide bonds. The summed E-state index contributed by atoms with van der Waals surface area (Å²) >= 11 is 0. The molecule has 0 spiro atoms. The van der Waals surface area contributed by atoms with Gasteiger partial charge < -0.3 is 19.4 Å². The number of halogens is 2. The first-order valence-electron chi connectivity index (χ1n) is 9.63. The van der Waals surface area contributed by atoms with Gasteiger partial charge in [0.1, 0.15) is 5.82 Å². The highest BCUT2D eigenvalue weighted by Gasteiger charge is 2.12. The molecule has 0 bridgehead atoms. The number of carbonyl (C=O) groups is 1. The summed E-state index contributed by atoms with van der Waals surface area (Å²) in [5, 5.41) is 2.82. The fraction of sp³-hybridized carbons (Fsp3) is 0.273. The summed E-state index contributed by atoms with van der Waals surface area (Å²) in [4.78, 5) is 16.8. The monoisotopic (exact) mass is 415 g/mol. The number of fused-ring (bicyclic) bond motifs is 1. The molecule has 158 valence electrons. The van der Waals surface area contributed by atoms with Crippen LogP contribution in [0.25, 0.3) is 17.1 Å². The zero-order valence-corrected chi connectivity index (χ0v) is 16.8.